The number of benzene rings is 1. The van der Waals surface area contributed by atoms with Gasteiger partial charge in [-0.05, 0) is 37.3 Å². The van der Waals surface area contributed by atoms with Crippen LogP contribution < -0.4 is 0 Å². The van der Waals surface area contributed by atoms with E-state index in [2.05, 4.69) is 34.9 Å². The van der Waals surface area contributed by atoms with Crippen molar-refractivity contribution in [1.29, 1.82) is 0 Å². The number of allylic oxidation sites excluding steroid dienone is 1. The van der Waals surface area contributed by atoms with Crippen molar-refractivity contribution >= 4 is 5.71 Å². The maximum atomic E-state index is 4.76. The Kier molecular flexibility index (Phi) is 7.19. The lowest BCUT2D eigenvalue weighted by atomic mass is 10.0. The molecular formula is C24H26N4. The van der Waals surface area contributed by atoms with E-state index in [4.69, 9.17) is 4.99 Å². The first-order valence-corrected chi connectivity index (χ1v) is 9.81. The van der Waals surface area contributed by atoms with E-state index < -0.39 is 0 Å². The summed E-state index contributed by atoms with van der Waals surface area (Å²) in [5.74, 6) is 0.737. The smallest absolute Gasteiger partial charge is 0.159 e. The fraction of sp³-hybridized carbons (Fsp3) is 0.250. The van der Waals surface area contributed by atoms with Crippen LogP contribution in [-0.4, -0.2) is 20.7 Å². The fourth-order valence-electron chi connectivity index (χ4n) is 2.94. The summed E-state index contributed by atoms with van der Waals surface area (Å²) in [6.45, 7) is 4.28. The van der Waals surface area contributed by atoms with Crippen molar-refractivity contribution < 1.29 is 0 Å². The van der Waals surface area contributed by atoms with Crippen LogP contribution in [0.3, 0.4) is 0 Å². The molecule has 0 atom stereocenters. The third-order valence-corrected chi connectivity index (χ3v) is 4.67. The minimum Gasteiger partial charge on any atom is -0.264 e. The molecule has 3 rings (SSSR count). The van der Waals surface area contributed by atoms with Crippen molar-refractivity contribution in [2.75, 3.05) is 0 Å². The van der Waals surface area contributed by atoms with Gasteiger partial charge in [0.1, 0.15) is 0 Å². The van der Waals surface area contributed by atoms with Crippen LogP contribution in [0.25, 0.3) is 11.4 Å². The zero-order valence-corrected chi connectivity index (χ0v) is 16.5. The Morgan fingerprint density at radius 2 is 1.71 bits per heavy atom. The van der Waals surface area contributed by atoms with Crippen molar-refractivity contribution in [1.82, 2.24) is 15.0 Å². The molecule has 0 radical (unpaired) electrons. The van der Waals surface area contributed by atoms with Gasteiger partial charge in [0.05, 0.1) is 5.71 Å². The maximum absolute atomic E-state index is 4.76. The van der Waals surface area contributed by atoms with Gasteiger partial charge in [0.2, 0.25) is 0 Å². The second kappa shape index (κ2) is 10.3. The van der Waals surface area contributed by atoms with Gasteiger partial charge in [0.15, 0.2) is 5.82 Å². The first-order chi connectivity index (χ1) is 13.8. The highest BCUT2D eigenvalue weighted by Gasteiger charge is 2.05. The third-order valence-electron chi connectivity index (χ3n) is 4.67. The highest BCUT2D eigenvalue weighted by Crippen LogP contribution is 2.15. The highest BCUT2D eigenvalue weighted by molar-refractivity contribution is 6.00. The summed E-state index contributed by atoms with van der Waals surface area (Å²) < 4.78 is 0. The van der Waals surface area contributed by atoms with Crippen LogP contribution in [0.2, 0.25) is 0 Å². The average molecular weight is 371 g/mol. The third kappa shape index (κ3) is 5.43. The van der Waals surface area contributed by atoms with Crippen LogP contribution >= 0.6 is 0 Å². The maximum Gasteiger partial charge on any atom is 0.159 e. The van der Waals surface area contributed by atoms with Crippen LogP contribution in [0.4, 0.5) is 0 Å². The van der Waals surface area contributed by atoms with E-state index in [-0.39, 0.29) is 0 Å². The summed E-state index contributed by atoms with van der Waals surface area (Å²) in [6, 6.07) is 14.1. The molecule has 142 valence electrons. The van der Waals surface area contributed by atoms with Gasteiger partial charge in [-0.3, -0.25) is 9.98 Å². The lowest BCUT2D eigenvalue weighted by Crippen LogP contribution is -2.01. The molecule has 0 amide bonds. The second-order valence-corrected chi connectivity index (χ2v) is 6.59. The van der Waals surface area contributed by atoms with Gasteiger partial charge in [-0.2, -0.15) is 0 Å². The molecule has 0 saturated heterocycles. The number of pyridine rings is 1. The molecule has 0 fully saturated rings. The molecule has 0 N–H and O–H groups in total. The number of hydrogen-bond acceptors (Lipinski definition) is 4. The molecular weight excluding hydrogens is 344 g/mol. The van der Waals surface area contributed by atoms with E-state index in [1.165, 1.54) is 11.1 Å². The average Bonchev–Trinajstić information content (AvgIpc) is 2.78. The molecule has 28 heavy (non-hydrogen) atoms. The topological polar surface area (TPSA) is 51.0 Å². The van der Waals surface area contributed by atoms with Crippen molar-refractivity contribution in [3.63, 3.8) is 0 Å². The van der Waals surface area contributed by atoms with Crippen molar-refractivity contribution in [2.45, 2.75) is 39.5 Å². The van der Waals surface area contributed by atoms with E-state index >= 15 is 0 Å². The van der Waals surface area contributed by atoms with Gasteiger partial charge in [-0.1, -0.05) is 55.8 Å². The van der Waals surface area contributed by atoms with Crippen molar-refractivity contribution in [3.8, 4) is 11.4 Å². The Morgan fingerprint density at radius 3 is 2.36 bits per heavy atom. The fourth-order valence-corrected chi connectivity index (χ4v) is 2.94. The molecule has 0 unspecified atom stereocenters. The zero-order chi connectivity index (χ0) is 19.6. The normalized spacial score (nSPS) is 12.2. The molecule has 0 aliphatic heterocycles. The van der Waals surface area contributed by atoms with Crippen LogP contribution in [0, 0.1) is 0 Å². The molecule has 2 heterocycles. The summed E-state index contributed by atoms with van der Waals surface area (Å²) in [4.78, 5) is 18.0. The van der Waals surface area contributed by atoms with Gasteiger partial charge in [-0.15, -0.1) is 0 Å². The summed E-state index contributed by atoms with van der Waals surface area (Å²) in [7, 11) is 0. The van der Waals surface area contributed by atoms with Crippen molar-refractivity contribution in [3.05, 3.63) is 90.2 Å². The monoisotopic (exact) mass is 370 g/mol. The van der Waals surface area contributed by atoms with Crippen molar-refractivity contribution in [2.24, 2.45) is 4.99 Å². The SMILES string of the molecule is CCC(=CN=C(CC)c1cnc(-c2ccccc2)nc1)CCc1cccnc1. The number of aromatic nitrogens is 3. The summed E-state index contributed by atoms with van der Waals surface area (Å²) in [5, 5.41) is 0. The van der Waals surface area contributed by atoms with Gasteiger partial charge >= 0.3 is 0 Å². The first kappa shape index (κ1) is 19.6. The molecule has 0 bridgehead atoms. The number of aliphatic imine (C=N–C) groups is 1. The van der Waals surface area contributed by atoms with E-state index in [1.54, 1.807) is 0 Å². The Hall–Kier alpha value is -3.14. The number of rotatable bonds is 8. The number of hydrogen-bond donors (Lipinski definition) is 0. The van der Waals surface area contributed by atoms with Gasteiger partial charge in [0.25, 0.3) is 0 Å². The summed E-state index contributed by atoms with van der Waals surface area (Å²) in [6.07, 6.45) is 13.3. The lowest BCUT2D eigenvalue weighted by molar-refractivity contribution is 0.875. The molecule has 0 spiro atoms. The summed E-state index contributed by atoms with van der Waals surface area (Å²) >= 11 is 0. The van der Waals surface area contributed by atoms with Crippen LogP contribution in [0.15, 0.2) is 84.0 Å². The van der Waals surface area contributed by atoms with Gasteiger partial charge in [0, 0.05) is 42.1 Å². The first-order valence-electron chi connectivity index (χ1n) is 9.81. The molecule has 4 nitrogen and oxygen atoms in total. The predicted octanol–water partition coefficient (Wildman–Crippen LogP) is 5.66. The van der Waals surface area contributed by atoms with Crippen LogP contribution in [0.1, 0.15) is 44.2 Å². The van der Waals surface area contributed by atoms with Gasteiger partial charge in [-0.25, -0.2) is 9.97 Å². The molecule has 2 aromatic heterocycles. The van der Waals surface area contributed by atoms with Crippen LogP contribution in [-0.2, 0) is 6.42 Å². The number of nitrogens with zero attached hydrogens (tertiary/aromatic N) is 4. The number of aryl methyl sites for hydroxylation is 1. The Balaban J connectivity index is 1.72. The Bertz CT molecular complexity index is 914. The predicted molar refractivity (Wildman–Crippen MR) is 115 cm³/mol. The van der Waals surface area contributed by atoms with Crippen LogP contribution in [0.5, 0.6) is 0 Å². The Morgan fingerprint density at radius 1 is 0.929 bits per heavy atom. The van der Waals surface area contributed by atoms with E-state index in [1.807, 2.05) is 67.4 Å². The highest BCUT2D eigenvalue weighted by atomic mass is 14.9. The minimum absolute atomic E-state index is 0.737. The minimum atomic E-state index is 0.737. The molecule has 1 aromatic carbocycles. The second-order valence-electron chi connectivity index (χ2n) is 6.59. The largest absolute Gasteiger partial charge is 0.264 e. The standard InChI is InChI=1S/C24H26N4/c1-3-19(12-13-20-9-8-14-25-15-20)16-26-23(4-2)22-17-27-24(28-18-22)21-10-6-5-7-11-21/h5-11,14-18H,3-4,12-13H2,1-2H3. The zero-order valence-electron chi connectivity index (χ0n) is 16.5. The van der Waals surface area contributed by atoms with E-state index in [0.29, 0.717) is 0 Å². The molecule has 0 saturated carbocycles. The van der Waals surface area contributed by atoms with E-state index in [0.717, 1.165) is 48.3 Å². The van der Waals surface area contributed by atoms with Gasteiger partial charge < -0.3 is 0 Å². The summed E-state index contributed by atoms with van der Waals surface area (Å²) in [5.41, 5.74) is 5.59. The lowest BCUT2D eigenvalue weighted by Gasteiger charge is -2.06. The molecule has 3 aromatic rings. The quantitative estimate of drug-likeness (QED) is 0.480. The Labute approximate surface area is 167 Å². The molecule has 4 heteroatoms. The molecule has 0 aliphatic rings. The molecule has 0 aliphatic carbocycles. The van der Waals surface area contributed by atoms with E-state index in [9.17, 15) is 0 Å².